The second kappa shape index (κ2) is 12.2. The molecule has 18 heteroatoms. The SMILES string of the molecule is CCC(C(=O)OC12C=C(C(=O)OC34CCC(O3)C3=C4C3)C(CC1)O2)(C(=O)OC12C=C(C(=O)OC34CCC(O3)C3=C4C3)C(CC1)O2)C(=O)OC12C=C(C(=O)OC34CCC(O3)C3=C4C3)C(CC1)O2. The lowest BCUT2D eigenvalue weighted by Crippen LogP contribution is -2.55. The number of fused-ring (bicyclic) bond motifs is 18. The van der Waals surface area contributed by atoms with Gasteiger partial charge in [-0.1, -0.05) is 6.92 Å². The van der Waals surface area contributed by atoms with Gasteiger partial charge in [0.2, 0.25) is 34.7 Å². The molecular formula is C48H44O18. The van der Waals surface area contributed by atoms with Crippen molar-refractivity contribution in [3.8, 4) is 0 Å². The highest BCUT2D eigenvalue weighted by Crippen LogP contribution is 2.63. The average Bonchev–Trinajstić information content (AvgIpc) is 3.79. The molecule has 12 unspecified atom stereocenters. The highest BCUT2D eigenvalue weighted by Gasteiger charge is 2.68. The summed E-state index contributed by atoms with van der Waals surface area (Å²) >= 11 is 0. The maximum Gasteiger partial charge on any atom is 0.339 e. The van der Waals surface area contributed by atoms with E-state index in [0.717, 1.165) is 55.2 Å². The highest BCUT2D eigenvalue weighted by molar-refractivity contribution is 6.18. The molecule has 12 atom stereocenters. The van der Waals surface area contributed by atoms with Gasteiger partial charge in [0.05, 0.1) is 53.3 Å². The minimum Gasteiger partial charge on any atom is -0.428 e. The standard InChI is InChI=1S/C48H44O18/c1-2-45(39(52)64-42-9-3-33(55-42)24(18-42)36(49)61-46-12-6-30(58-46)21-15-27(21)46,40(53)65-43-10-4-34(56-43)25(19-43)37(50)62-47-13-7-31(59-47)22-16-28(22)47)41(54)66-44-11-5-35(57-44)26(20-44)38(51)63-48-14-8-32(60-48)23-17-29(23)48/h18-20,30-35H,2-17H2,1H3. The van der Waals surface area contributed by atoms with Gasteiger partial charge >= 0.3 is 35.8 Å². The highest BCUT2D eigenvalue weighted by atomic mass is 16.8. The van der Waals surface area contributed by atoms with Gasteiger partial charge in [0, 0.05) is 73.5 Å². The molecule has 0 radical (unpaired) electrons. The molecule has 12 aliphatic heterocycles. The molecule has 15 rings (SSSR count). The van der Waals surface area contributed by atoms with Crippen LogP contribution in [0.25, 0.3) is 0 Å². The Morgan fingerprint density at radius 3 is 1.03 bits per heavy atom. The average molecular weight is 909 g/mol. The maximum atomic E-state index is 15.0. The Morgan fingerprint density at radius 1 is 0.455 bits per heavy atom. The third-order valence-electron chi connectivity index (χ3n) is 16.9. The Labute approximate surface area is 375 Å². The fourth-order valence-electron chi connectivity index (χ4n) is 13.3. The second-order valence-electron chi connectivity index (χ2n) is 20.5. The van der Waals surface area contributed by atoms with Gasteiger partial charge in [-0.05, 0) is 80.9 Å². The lowest BCUT2D eigenvalue weighted by Gasteiger charge is -2.35. The van der Waals surface area contributed by atoms with Gasteiger partial charge in [0.1, 0.15) is 0 Å². The Bertz CT molecular complexity index is 2420. The largest absolute Gasteiger partial charge is 0.428 e. The quantitative estimate of drug-likeness (QED) is 0.111. The summed E-state index contributed by atoms with van der Waals surface area (Å²) in [7, 11) is 0. The van der Waals surface area contributed by atoms with Crippen molar-refractivity contribution in [3.05, 3.63) is 68.4 Å². The van der Waals surface area contributed by atoms with Crippen LogP contribution >= 0.6 is 0 Å². The molecule has 0 saturated carbocycles. The third kappa shape index (κ3) is 5.02. The molecule has 6 fully saturated rings. The van der Waals surface area contributed by atoms with Gasteiger partial charge in [0.15, 0.2) is 0 Å². The molecule has 0 aromatic carbocycles. The number of ether oxygens (including phenoxy) is 12. The van der Waals surface area contributed by atoms with Crippen molar-refractivity contribution in [2.24, 2.45) is 5.41 Å². The van der Waals surface area contributed by atoms with Gasteiger partial charge in [-0.15, -0.1) is 0 Å². The topological polar surface area (TPSA) is 213 Å². The van der Waals surface area contributed by atoms with E-state index in [1.165, 1.54) is 41.9 Å². The predicted molar refractivity (Wildman–Crippen MR) is 209 cm³/mol. The Morgan fingerprint density at radius 2 is 0.758 bits per heavy atom. The number of hydrogen-bond donors (Lipinski definition) is 0. The normalized spacial score (nSPS) is 44.8. The van der Waals surface area contributed by atoms with Gasteiger partial charge in [0.25, 0.3) is 5.41 Å². The zero-order valence-electron chi connectivity index (χ0n) is 35.9. The van der Waals surface area contributed by atoms with Crippen LogP contribution in [0, 0.1) is 5.41 Å². The van der Waals surface area contributed by atoms with Gasteiger partial charge in [-0.3, -0.25) is 14.4 Å². The Hall–Kier alpha value is -4.98. The van der Waals surface area contributed by atoms with Crippen LogP contribution in [0.2, 0.25) is 0 Å². The number of carbonyl (C=O) groups excluding carboxylic acids is 6. The first kappa shape index (κ1) is 39.1. The summed E-state index contributed by atoms with van der Waals surface area (Å²) in [6.07, 6.45) is 8.39. The third-order valence-corrected chi connectivity index (χ3v) is 16.9. The fraction of sp³-hybridized carbons (Fsp3) is 0.625. The zero-order chi connectivity index (χ0) is 44.5. The molecule has 18 nitrogen and oxygen atoms in total. The summed E-state index contributed by atoms with van der Waals surface area (Å²) in [5.41, 5.74) is 4.06. The van der Waals surface area contributed by atoms with E-state index in [1.54, 1.807) is 0 Å². The van der Waals surface area contributed by atoms with E-state index in [-0.39, 0.29) is 73.6 Å². The van der Waals surface area contributed by atoms with Gasteiger partial charge in [-0.2, -0.15) is 0 Å². The monoisotopic (exact) mass is 908 g/mol. The van der Waals surface area contributed by atoms with E-state index in [4.69, 9.17) is 56.8 Å². The summed E-state index contributed by atoms with van der Waals surface area (Å²) in [5, 5.41) is 0. The minimum atomic E-state index is -2.84. The predicted octanol–water partition coefficient (Wildman–Crippen LogP) is 3.86. The minimum absolute atomic E-state index is 0.0393. The molecular weight excluding hydrogens is 865 g/mol. The molecule has 344 valence electrons. The number of carbonyl (C=O) groups is 6. The molecule has 15 aliphatic rings. The molecule has 0 N–H and O–H groups in total. The molecule has 12 bridgehead atoms. The van der Waals surface area contributed by atoms with Crippen molar-refractivity contribution in [2.45, 2.75) is 181 Å². The van der Waals surface area contributed by atoms with Crippen LogP contribution in [0.1, 0.15) is 110 Å². The molecule has 6 saturated heterocycles. The van der Waals surface area contributed by atoms with Crippen molar-refractivity contribution < 1.29 is 85.6 Å². The van der Waals surface area contributed by atoms with Crippen molar-refractivity contribution in [2.75, 3.05) is 0 Å². The van der Waals surface area contributed by atoms with Crippen molar-refractivity contribution in [1.82, 2.24) is 0 Å². The van der Waals surface area contributed by atoms with E-state index >= 15 is 0 Å². The molecule has 0 amide bonds. The van der Waals surface area contributed by atoms with E-state index in [0.29, 0.717) is 19.3 Å². The summed E-state index contributed by atoms with van der Waals surface area (Å²) in [5.74, 6) is -15.0. The smallest absolute Gasteiger partial charge is 0.339 e. The first-order valence-electron chi connectivity index (χ1n) is 23.5. The van der Waals surface area contributed by atoms with E-state index < -0.39 is 101 Å². The molecule has 0 aromatic rings. The summed E-state index contributed by atoms with van der Waals surface area (Å²) in [6, 6.07) is 0. The first-order valence-corrected chi connectivity index (χ1v) is 23.5. The number of esters is 6. The number of hydrogen-bond acceptors (Lipinski definition) is 18. The van der Waals surface area contributed by atoms with Crippen molar-refractivity contribution >= 4 is 35.8 Å². The van der Waals surface area contributed by atoms with E-state index in [2.05, 4.69) is 0 Å². The fourth-order valence-corrected chi connectivity index (χ4v) is 13.3. The van der Waals surface area contributed by atoms with E-state index in [9.17, 15) is 28.8 Å². The second-order valence-corrected chi connectivity index (χ2v) is 20.5. The first-order chi connectivity index (χ1) is 31.7. The van der Waals surface area contributed by atoms with Crippen LogP contribution in [-0.2, 0) is 85.6 Å². The van der Waals surface area contributed by atoms with E-state index in [1.807, 2.05) is 0 Å². The molecule has 0 aromatic heterocycles. The van der Waals surface area contributed by atoms with Crippen LogP contribution in [-0.4, -0.2) is 107 Å². The van der Waals surface area contributed by atoms with Crippen LogP contribution in [0.5, 0.6) is 0 Å². The Balaban J connectivity index is 0.719. The maximum absolute atomic E-state index is 15.0. The van der Waals surface area contributed by atoms with Crippen LogP contribution in [0.15, 0.2) is 68.4 Å². The van der Waals surface area contributed by atoms with Crippen LogP contribution < -0.4 is 0 Å². The molecule has 12 heterocycles. The van der Waals surface area contributed by atoms with Crippen molar-refractivity contribution in [1.29, 1.82) is 0 Å². The Kier molecular flexibility index (Phi) is 7.21. The van der Waals surface area contributed by atoms with Crippen LogP contribution in [0.3, 0.4) is 0 Å². The summed E-state index contributed by atoms with van der Waals surface area (Å²) < 4.78 is 72.8. The summed E-state index contributed by atoms with van der Waals surface area (Å²) in [6.45, 7) is 1.42. The zero-order valence-corrected chi connectivity index (χ0v) is 35.9. The summed E-state index contributed by atoms with van der Waals surface area (Å²) in [4.78, 5) is 86.1. The van der Waals surface area contributed by atoms with Gasteiger partial charge in [-0.25, -0.2) is 14.4 Å². The molecule has 0 spiro atoms. The molecule has 3 aliphatic carbocycles. The van der Waals surface area contributed by atoms with Gasteiger partial charge < -0.3 is 56.8 Å². The van der Waals surface area contributed by atoms with Crippen LogP contribution in [0.4, 0.5) is 0 Å². The number of rotatable bonds is 13. The lowest BCUT2D eigenvalue weighted by atomic mass is 9.84. The van der Waals surface area contributed by atoms with Crippen molar-refractivity contribution in [3.63, 3.8) is 0 Å². The molecule has 66 heavy (non-hydrogen) atoms. The lowest BCUT2D eigenvalue weighted by molar-refractivity contribution is -0.232.